The molecule has 0 saturated heterocycles. The minimum Gasteiger partial charge on any atom is -0.389 e. The lowest BCUT2D eigenvalue weighted by molar-refractivity contribution is 0.627. The van der Waals surface area contributed by atoms with Crippen LogP contribution < -0.4 is 11.1 Å². The maximum atomic E-state index is 12.8. The molecule has 0 spiro atoms. The number of thiocarbonyl (C=S) groups is 1. The standard InChI is InChI=1S/C14H12ClFN2S/c15-13-7-11(5-6-12(13)14(17)19)18-8-9-1-3-10(16)4-2-9/h1-7,18H,8H2,(H2,17,19). The van der Waals surface area contributed by atoms with E-state index >= 15 is 0 Å². The van der Waals surface area contributed by atoms with Gasteiger partial charge in [-0.05, 0) is 35.9 Å². The summed E-state index contributed by atoms with van der Waals surface area (Å²) in [5, 5.41) is 3.71. The van der Waals surface area contributed by atoms with E-state index in [1.54, 1.807) is 24.3 Å². The molecule has 0 heterocycles. The Kier molecular flexibility index (Phi) is 4.35. The predicted octanol–water partition coefficient (Wildman–Crippen LogP) is 3.73. The van der Waals surface area contributed by atoms with Crippen LogP contribution in [0.25, 0.3) is 0 Å². The fourth-order valence-electron chi connectivity index (χ4n) is 1.63. The molecule has 0 aromatic heterocycles. The van der Waals surface area contributed by atoms with E-state index in [4.69, 9.17) is 29.6 Å². The van der Waals surface area contributed by atoms with Crippen molar-refractivity contribution in [3.05, 3.63) is 64.4 Å². The molecule has 0 fully saturated rings. The lowest BCUT2D eigenvalue weighted by atomic mass is 10.2. The lowest BCUT2D eigenvalue weighted by Gasteiger charge is -2.09. The summed E-state index contributed by atoms with van der Waals surface area (Å²) in [4.78, 5) is 0.273. The zero-order valence-corrected chi connectivity index (χ0v) is 11.6. The van der Waals surface area contributed by atoms with Crippen LogP contribution >= 0.6 is 23.8 Å². The Labute approximate surface area is 121 Å². The van der Waals surface area contributed by atoms with E-state index in [9.17, 15) is 4.39 Å². The Morgan fingerprint density at radius 3 is 2.47 bits per heavy atom. The molecule has 0 aliphatic heterocycles. The van der Waals surface area contributed by atoms with Gasteiger partial charge in [-0.25, -0.2) is 4.39 Å². The molecule has 0 bridgehead atoms. The third kappa shape index (κ3) is 3.66. The third-order valence-electron chi connectivity index (χ3n) is 2.64. The van der Waals surface area contributed by atoms with E-state index in [-0.39, 0.29) is 10.8 Å². The zero-order valence-electron chi connectivity index (χ0n) is 9.99. The Morgan fingerprint density at radius 2 is 1.89 bits per heavy atom. The molecule has 2 aromatic rings. The summed E-state index contributed by atoms with van der Waals surface area (Å²) in [5.74, 6) is -0.243. The number of anilines is 1. The molecule has 3 N–H and O–H groups in total. The van der Waals surface area contributed by atoms with Gasteiger partial charge < -0.3 is 11.1 Å². The van der Waals surface area contributed by atoms with E-state index in [0.29, 0.717) is 17.1 Å². The van der Waals surface area contributed by atoms with Gasteiger partial charge in [-0.2, -0.15) is 0 Å². The largest absolute Gasteiger partial charge is 0.389 e. The molecule has 5 heteroatoms. The molecule has 0 atom stereocenters. The van der Waals surface area contributed by atoms with Gasteiger partial charge in [-0.3, -0.25) is 0 Å². The SMILES string of the molecule is NC(=S)c1ccc(NCc2ccc(F)cc2)cc1Cl. The zero-order chi connectivity index (χ0) is 13.8. The van der Waals surface area contributed by atoms with Crippen molar-refractivity contribution in [2.24, 2.45) is 5.73 Å². The Balaban J connectivity index is 2.06. The quantitative estimate of drug-likeness (QED) is 0.844. The van der Waals surface area contributed by atoms with Gasteiger partial charge in [0, 0.05) is 17.8 Å². The van der Waals surface area contributed by atoms with Gasteiger partial charge in [-0.1, -0.05) is 36.0 Å². The van der Waals surface area contributed by atoms with Crippen LogP contribution in [0.15, 0.2) is 42.5 Å². The van der Waals surface area contributed by atoms with Gasteiger partial charge in [-0.15, -0.1) is 0 Å². The minimum absolute atomic E-state index is 0.243. The van der Waals surface area contributed by atoms with Crippen molar-refractivity contribution in [2.45, 2.75) is 6.54 Å². The second kappa shape index (κ2) is 5.99. The molecule has 98 valence electrons. The molecule has 2 nitrogen and oxygen atoms in total. The first-order valence-corrected chi connectivity index (χ1v) is 6.42. The van der Waals surface area contributed by atoms with Crippen molar-refractivity contribution in [3.8, 4) is 0 Å². The maximum absolute atomic E-state index is 12.8. The highest BCUT2D eigenvalue weighted by Gasteiger charge is 2.04. The van der Waals surface area contributed by atoms with E-state index in [1.165, 1.54) is 12.1 Å². The van der Waals surface area contributed by atoms with Crippen molar-refractivity contribution in [3.63, 3.8) is 0 Å². The number of hydrogen-bond donors (Lipinski definition) is 2. The van der Waals surface area contributed by atoms with Crippen molar-refractivity contribution < 1.29 is 4.39 Å². The lowest BCUT2D eigenvalue weighted by Crippen LogP contribution is -2.10. The molecular formula is C14H12ClFN2S. The van der Waals surface area contributed by atoms with E-state index in [2.05, 4.69) is 5.32 Å². The fraction of sp³-hybridized carbons (Fsp3) is 0.0714. The summed E-state index contributed by atoms with van der Waals surface area (Å²) < 4.78 is 12.8. The van der Waals surface area contributed by atoms with Crippen LogP contribution in [0.4, 0.5) is 10.1 Å². The van der Waals surface area contributed by atoms with Crippen molar-refractivity contribution in [1.82, 2.24) is 0 Å². The number of benzene rings is 2. The molecular weight excluding hydrogens is 283 g/mol. The minimum atomic E-state index is -0.243. The van der Waals surface area contributed by atoms with Gasteiger partial charge in [0.1, 0.15) is 10.8 Å². The van der Waals surface area contributed by atoms with Crippen LogP contribution in [0.2, 0.25) is 5.02 Å². The van der Waals surface area contributed by atoms with Gasteiger partial charge in [0.25, 0.3) is 0 Å². The molecule has 0 radical (unpaired) electrons. The van der Waals surface area contributed by atoms with Crippen LogP contribution in [0, 0.1) is 5.82 Å². The maximum Gasteiger partial charge on any atom is 0.123 e. The monoisotopic (exact) mass is 294 g/mol. The normalized spacial score (nSPS) is 10.2. The Morgan fingerprint density at radius 1 is 1.21 bits per heavy atom. The van der Waals surface area contributed by atoms with Crippen LogP contribution in [-0.2, 0) is 6.54 Å². The smallest absolute Gasteiger partial charge is 0.123 e. The van der Waals surface area contributed by atoms with Crippen LogP contribution in [-0.4, -0.2) is 4.99 Å². The first kappa shape index (κ1) is 13.8. The second-order valence-corrected chi connectivity index (χ2v) is 4.89. The van der Waals surface area contributed by atoms with E-state index in [1.807, 2.05) is 6.07 Å². The number of halogens is 2. The summed E-state index contributed by atoms with van der Waals surface area (Å²) in [6, 6.07) is 11.7. The summed E-state index contributed by atoms with van der Waals surface area (Å²) >= 11 is 11.0. The first-order valence-electron chi connectivity index (χ1n) is 5.64. The molecule has 0 aliphatic rings. The number of hydrogen-bond acceptors (Lipinski definition) is 2. The fourth-order valence-corrected chi connectivity index (χ4v) is 2.15. The number of rotatable bonds is 4. The molecule has 2 aromatic carbocycles. The van der Waals surface area contributed by atoms with Crippen molar-refractivity contribution >= 4 is 34.5 Å². The summed E-state index contributed by atoms with van der Waals surface area (Å²) in [5.41, 5.74) is 8.03. The molecule has 0 saturated carbocycles. The second-order valence-electron chi connectivity index (χ2n) is 4.04. The number of nitrogens with two attached hydrogens (primary N) is 1. The first-order chi connectivity index (χ1) is 9.06. The number of nitrogens with one attached hydrogen (secondary N) is 1. The molecule has 2 rings (SSSR count). The van der Waals surface area contributed by atoms with E-state index in [0.717, 1.165) is 11.3 Å². The van der Waals surface area contributed by atoms with Gasteiger partial charge in [0.15, 0.2) is 0 Å². The third-order valence-corrected chi connectivity index (χ3v) is 3.18. The molecule has 19 heavy (non-hydrogen) atoms. The summed E-state index contributed by atoms with van der Waals surface area (Å²) in [7, 11) is 0. The van der Waals surface area contributed by atoms with Crippen LogP contribution in [0.3, 0.4) is 0 Å². The van der Waals surface area contributed by atoms with E-state index < -0.39 is 0 Å². The highest BCUT2D eigenvalue weighted by molar-refractivity contribution is 7.80. The average Bonchev–Trinajstić information content (AvgIpc) is 2.37. The van der Waals surface area contributed by atoms with Crippen molar-refractivity contribution in [2.75, 3.05) is 5.32 Å². The van der Waals surface area contributed by atoms with Gasteiger partial charge in [0.2, 0.25) is 0 Å². The molecule has 0 amide bonds. The summed E-state index contributed by atoms with van der Waals surface area (Å²) in [6.07, 6.45) is 0. The summed E-state index contributed by atoms with van der Waals surface area (Å²) in [6.45, 7) is 0.586. The molecule has 0 unspecified atom stereocenters. The topological polar surface area (TPSA) is 38.0 Å². The predicted molar refractivity (Wildman–Crippen MR) is 81.1 cm³/mol. The highest BCUT2D eigenvalue weighted by Crippen LogP contribution is 2.21. The van der Waals surface area contributed by atoms with Crippen molar-refractivity contribution in [1.29, 1.82) is 0 Å². The van der Waals surface area contributed by atoms with Crippen LogP contribution in [0.1, 0.15) is 11.1 Å². The Hall–Kier alpha value is -1.65. The van der Waals surface area contributed by atoms with Gasteiger partial charge >= 0.3 is 0 Å². The molecule has 0 aliphatic carbocycles. The van der Waals surface area contributed by atoms with Gasteiger partial charge in [0.05, 0.1) is 5.02 Å². The highest BCUT2D eigenvalue weighted by atomic mass is 35.5. The Bertz CT molecular complexity index is 599. The average molecular weight is 295 g/mol. The van der Waals surface area contributed by atoms with Crippen LogP contribution in [0.5, 0.6) is 0 Å².